The van der Waals surface area contributed by atoms with Gasteiger partial charge in [0.25, 0.3) is 5.91 Å². The van der Waals surface area contributed by atoms with Crippen LogP contribution in [0.5, 0.6) is 5.75 Å². The maximum absolute atomic E-state index is 11.6. The molecule has 0 saturated carbocycles. The van der Waals surface area contributed by atoms with Crippen molar-refractivity contribution >= 4 is 23.2 Å². The van der Waals surface area contributed by atoms with E-state index in [1.807, 2.05) is 17.5 Å². The van der Waals surface area contributed by atoms with Crippen LogP contribution in [0.3, 0.4) is 0 Å². The molecule has 0 bridgehead atoms. The fourth-order valence-corrected chi connectivity index (χ4v) is 2.25. The molecule has 1 N–H and O–H groups in total. The number of methoxy groups -OCH3 is 1. The number of carbonyl (C=O) groups excluding carboxylic acids is 2. The van der Waals surface area contributed by atoms with Crippen molar-refractivity contribution in [3.8, 4) is 5.75 Å². The topological polar surface area (TPSA) is 64.6 Å². The molecule has 1 amide bonds. The second-order valence-electron chi connectivity index (χ2n) is 4.16. The summed E-state index contributed by atoms with van der Waals surface area (Å²) in [6, 6.07) is 10.3. The second kappa shape index (κ2) is 7.44. The maximum Gasteiger partial charge on any atom is 0.337 e. The third kappa shape index (κ3) is 4.61. The Morgan fingerprint density at radius 1 is 1.19 bits per heavy atom. The normalized spacial score (nSPS) is 9.95. The number of ether oxygens (including phenoxy) is 2. The minimum absolute atomic E-state index is 0.0665. The van der Waals surface area contributed by atoms with E-state index in [9.17, 15) is 9.59 Å². The van der Waals surface area contributed by atoms with Gasteiger partial charge in [-0.05, 0) is 35.7 Å². The number of benzene rings is 1. The Morgan fingerprint density at radius 2 is 1.95 bits per heavy atom. The molecule has 0 aliphatic carbocycles. The van der Waals surface area contributed by atoms with Crippen LogP contribution in [0.25, 0.3) is 0 Å². The molecule has 2 rings (SSSR count). The molecule has 21 heavy (non-hydrogen) atoms. The highest BCUT2D eigenvalue weighted by Crippen LogP contribution is 2.13. The smallest absolute Gasteiger partial charge is 0.337 e. The Kier molecular flexibility index (Phi) is 5.34. The van der Waals surface area contributed by atoms with E-state index in [1.165, 1.54) is 7.11 Å². The number of thiophene rings is 1. The summed E-state index contributed by atoms with van der Waals surface area (Å²) >= 11 is 1.59. The zero-order valence-corrected chi connectivity index (χ0v) is 12.3. The number of carbonyl (C=O) groups is 2. The van der Waals surface area contributed by atoms with Crippen molar-refractivity contribution in [1.29, 1.82) is 0 Å². The van der Waals surface area contributed by atoms with Crippen LogP contribution >= 0.6 is 11.3 Å². The summed E-state index contributed by atoms with van der Waals surface area (Å²) in [4.78, 5) is 24.0. The van der Waals surface area contributed by atoms with Crippen LogP contribution in [-0.2, 0) is 16.1 Å². The number of esters is 1. The summed E-state index contributed by atoms with van der Waals surface area (Å²) < 4.78 is 9.94. The molecule has 0 fully saturated rings. The van der Waals surface area contributed by atoms with E-state index in [0.29, 0.717) is 17.9 Å². The van der Waals surface area contributed by atoms with E-state index in [0.717, 1.165) is 4.88 Å². The van der Waals surface area contributed by atoms with Crippen LogP contribution in [0.4, 0.5) is 0 Å². The summed E-state index contributed by atoms with van der Waals surface area (Å²) in [5.41, 5.74) is 0.437. The van der Waals surface area contributed by atoms with Gasteiger partial charge >= 0.3 is 5.97 Å². The van der Waals surface area contributed by atoms with Gasteiger partial charge in [0, 0.05) is 4.88 Å². The van der Waals surface area contributed by atoms with Crippen LogP contribution in [0.1, 0.15) is 15.2 Å². The molecular formula is C15H15NO4S. The first-order valence-electron chi connectivity index (χ1n) is 6.29. The summed E-state index contributed by atoms with van der Waals surface area (Å²) in [7, 11) is 1.32. The molecule has 0 saturated heterocycles. The zero-order chi connectivity index (χ0) is 15.1. The lowest BCUT2D eigenvalue weighted by Gasteiger charge is -2.07. The van der Waals surface area contributed by atoms with E-state index in [2.05, 4.69) is 10.1 Å². The maximum atomic E-state index is 11.6. The summed E-state index contributed by atoms with van der Waals surface area (Å²) in [6.45, 7) is 0.435. The molecule has 2 aromatic rings. The molecule has 1 aromatic carbocycles. The predicted molar refractivity (Wildman–Crippen MR) is 79.4 cm³/mol. The highest BCUT2D eigenvalue weighted by atomic mass is 32.1. The number of rotatable bonds is 6. The average Bonchev–Trinajstić information content (AvgIpc) is 3.04. The van der Waals surface area contributed by atoms with Gasteiger partial charge in [0.2, 0.25) is 0 Å². The SMILES string of the molecule is COC(=O)c1ccc(OCC(=O)NCc2cccs2)cc1. The fraction of sp³-hybridized carbons (Fsp3) is 0.200. The van der Waals surface area contributed by atoms with Gasteiger partial charge < -0.3 is 14.8 Å². The van der Waals surface area contributed by atoms with Crippen molar-refractivity contribution in [1.82, 2.24) is 5.32 Å². The summed E-state index contributed by atoms with van der Waals surface area (Å²) in [6.07, 6.45) is 0. The third-order valence-corrected chi connectivity index (χ3v) is 3.56. The minimum Gasteiger partial charge on any atom is -0.484 e. The van der Waals surface area contributed by atoms with Gasteiger partial charge in [0.1, 0.15) is 5.75 Å². The van der Waals surface area contributed by atoms with Crippen LogP contribution < -0.4 is 10.1 Å². The molecular weight excluding hydrogens is 290 g/mol. The number of amides is 1. The molecule has 1 heterocycles. The van der Waals surface area contributed by atoms with E-state index in [-0.39, 0.29) is 12.5 Å². The van der Waals surface area contributed by atoms with Gasteiger partial charge in [0.05, 0.1) is 19.2 Å². The summed E-state index contributed by atoms with van der Waals surface area (Å²) in [5, 5.41) is 4.73. The van der Waals surface area contributed by atoms with Crippen molar-refractivity contribution < 1.29 is 19.1 Å². The lowest BCUT2D eigenvalue weighted by atomic mass is 10.2. The first kappa shape index (κ1) is 15.1. The Labute approximate surface area is 126 Å². The summed E-state index contributed by atoms with van der Waals surface area (Å²) in [5.74, 6) is -0.0791. The van der Waals surface area contributed by atoms with Gasteiger partial charge in [-0.1, -0.05) is 6.07 Å². The van der Waals surface area contributed by atoms with Crippen LogP contribution in [0, 0.1) is 0 Å². The molecule has 0 aliphatic heterocycles. The first-order chi connectivity index (χ1) is 10.2. The quantitative estimate of drug-likeness (QED) is 0.831. The van der Waals surface area contributed by atoms with E-state index in [4.69, 9.17) is 4.74 Å². The monoisotopic (exact) mass is 305 g/mol. The molecule has 0 atom stereocenters. The lowest BCUT2D eigenvalue weighted by molar-refractivity contribution is -0.123. The van der Waals surface area contributed by atoms with E-state index >= 15 is 0 Å². The highest BCUT2D eigenvalue weighted by Gasteiger charge is 2.06. The Bertz CT molecular complexity index is 593. The van der Waals surface area contributed by atoms with Gasteiger partial charge in [-0.2, -0.15) is 0 Å². The second-order valence-corrected chi connectivity index (χ2v) is 5.19. The molecule has 1 aromatic heterocycles. The number of hydrogen-bond donors (Lipinski definition) is 1. The lowest BCUT2D eigenvalue weighted by Crippen LogP contribution is -2.28. The third-order valence-electron chi connectivity index (χ3n) is 2.69. The number of nitrogens with one attached hydrogen (secondary N) is 1. The minimum atomic E-state index is -0.407. The molecule has 0 aliphatic rings. The van der Waals surface area contributed by atoms with Gasteiger partial charge in [-0.15, -0.1) is 11.3 Å². The first-order valence-corrected chi connectivity index (χ1v) is 7.17. The molecule has 0 unspecified atom stereocenters. The average molecular weight is 305 g/mol. The van der Waals surface area contributed by atoms with Crippen LogP contribution in [0.15, 0.2) is 41.8 Å². The highest BCUT2D eigenvalue weighted by molar-refractivity contribution is 7.09. The Morgan fingerprint density at radius 3 is 2.57 bits per heavy atom. The van der Waals surface area contributed by atoms with E-state index in [1.54, 1.807) is 35.6 Å². The van der Waals surface area contributed by atoms with Crippen LogP contribution in [0.2, 0.25) is 0 Å². The molecule has 110 valence electrons. The van der Waals surface area contributed by atoms with Crippen LogP contribution in [-0.4, -0.2) is 25.6 Å². The standard InChI is InChI=1S/C15H15NO4S/c1-19-15(18)11-4-6-12(7-5-11)20-10-14(17)16-9-13-3-2-8-21-13/h2-8H,9-10H2,1H3,(H,16,17). The van der Waals surface area contributed by atoms with Crippen molar-refractivity contribution in [3.63, 3.8) is 0 Å². The van der Waals surface area contributed by atoms with Gasteiger partial charge in [-0.3, -0.25) is 4.79 Å². The Balaban J connectivity index is 1.77. The predicted octanol–water partition coefficient (Wildman–Crippen LogP) is 2.23. The Hall–Kier alpha value is -2.34. The largest absolute Gasteiger partial charge is 0.484 e. The van der Waals surface area contributed by atoms with Crippen molar-refractivity contribution in [2.45, 2.75) is 6.54 Å². The molecule has 0 spiro atoms. The van der Waals surface area contributed by atoms with Gasteiger partial charge in [0.15, 0.2) is 6.61 Å². The number of hydrogen-bond acceptors (Lipinski definition) is 5. The molecule has 5 nitrogen and oxygen atoms in total. The fourth-order valence-electron chi connectivity index (χ4n) is 1.60. The molecule has 6 heteroatoms. The van der Waals surface area contributed by atoms with Crippen molar-refractivity contribution in [2.75, 3.05) is 13.7 Å². The molecule has 0 radical (unpaired) electrons. The van der Waals surface area contributed by atoms with Crippen molar-refractivity contribution in [2.24, 2.45) is 0 Å². The van der Waals surface area contributed by atoms with E-state index < -0.39 is 5.97 Å². The van der Waals surface area contributed by atoms with Crippen molar-refractivity contribution in [3.05, 3.63) is 52.2 Å². The zero-order valence-electron chi connectivity index (χ0n) is 11.5. The van der Waals surface area contributed by atoms with Gasteiger partial charge in [-0.25, -0.2) is 4.79 Å².